The fourth-order valence-corrected chi connectivity index (χ4v) is 2.62. The average Bonchev–Trinajstić information content (AvgIpc) is 2.66. The van der Waals surface area contributed by atoms with Crippen molar-refractivity contribution in [1.82, 2.24) is 15.1 Å². The molecule has 9 nitrogen and oxygen atoms in total. The highest BCUT2D eigenvalue weighted by atomic mass is 16.5. The number of rotatable bonds is 8. The third-order valence-electron chi connectivity index (χ3n) is 4.19. The summed E-state index contributed by atoms with van der Waals surface area (Å²) in [5, 5.41) is 11.6. The van der Waals surface area contributed by atoms with E-state index in [-0.39, 0.29) is 26.1 Å². The lowest BCUT2D eigenvalue weighted by atomic mass is 10.2. The summed E-state index contributed by atoms with van der Waals surface area (Å²) in [5.74, 6) is -2.96. The van der Waals surface area contributed by atoms with Gasteiger partial charge in [0.25, 0.3) is 0 Å². The van der Waals surface area contributed by atoms with Crippen LogP contribution in [0.15, 0.2) is 30.3 Å². The smallest absolute Gasteiger partial charge is 0.326 e. The highest BCUT2D eigenvalue weighted by molar-refractivity contribution is 6.38. The van der Waals surface area contributed by atoms with E-state index in [4.69, 9.17) is 4.74 Å². The minimum Gasteiger partial charge on any atom is -0.480 e. The van der Waals surface area contributed by atoms with Crippen LogP contribution >= 0.6 is 0 Å². The van der Waals surface area contributed by atoms with Crippen molar-refractivity contribution in [3.8, 4) is 0 Å². The molecule has 1 unspecified atom stereocenters. The molecule has 1 fully saturated rings. The van der Waals surface area contributed by atoms with Gasteiger partial charge in [0.15, 0.2) is 0 Å². The predicted molar refractivity (Wildman–Crippen MR) is 94.6 cm³/mol. The van der Waals surface area contributed by atoms with Crippen molar-refractivity contribution < 1.29 is 29.0 Å². The monoisotopic (exact) mass is 377 g/mol. The average molecular weight is 377 g/mol. The molecule has 1 aliphatic heterocycles. The number of urea groups is 1. The van der Waals surface area contributed by atoms with E-state index >= 15 is 0 Å². The fraction of sp³-hybridized carbons (Fsp3) is 0.444. The van der Waals surface area contributed by atoms with E-state index in [9.17, 15) is 24.3 Å². The number of hydrogen-bond acceptors (Lipinski definition) is 5. The molecule has 9 heteroatoms. The molecule has 4 amide bonds. The van der Waals surface area contributed by atoms with Crippen LogP contribution < -0.4 is 5.32 Å². The molecule has 1 heterocycles. The normalized spacial score (nSPS) is 15.6. The maximum Gasteiger partial charge on any atom is 0.326 e. The molecular formula is C18H23N3O6. The van der Waals surface area contributed by atoms with E-state index in [1.807, 2.05) is 30.3 Å². The topological polar surface area (TPSA) is 116 Å². The maximum absolute atomic E-state index is 12.2. The number of carbonyl (C=O) groups is 4. The number of amides is 4. The van der Waals surface area contributed by atoms with Crippen LogP contribution in [0.4, 0.5) is 4.79 Å². The van der Waals surface area contributed by atoms with Gasteiger partial charge in [0.2, 0.25) is 0 Å². The molecule has 0 aromatic heterocycles. The Labute approximate surface area is 156 Å². The van der Waals surface area contributed by atoms with Gasteiger partial charge in [0.05, 0.1) is 6.61 Å². The molecule has 1 aromatic rings. The van der Waals surface area contributed by atoms with Gasteiger partial charge in [-0.05, 0) is 12.5 Å². The number of piperazine rings is 1. The molecule has 2 N–H and O–H groups in total. The molecule has 1 atom stereocenters. The van der Waals surface area contributed by atoms with E-state index in [0.29, 0.717) is 13.2 Å². The Morgan fingerprint density at radius 3 is 2.52 bits per heavy atom. The first-order valence-corrected chi connectivity index (χ1v) is 8.69. The number of aliphatic carboxylic acids is 1. The van der Waals surface area contributed by atoms with E-state index < -0.39 is 29.9 Å². The molecule has 0 radical (unpaired) electrons. The molecule has 146 valence electrons. The van der Waals surface area contributed by atoms with Crippen molar-refractivity contribution in [3.63, 3.8) is 0 Å². The molecular weight excluding hydrogens is 354 g/mol. The Balaban J connectivity index is 1.84. The van der Waals surface area contributed by atoms with Crippen molar-refractivity contribution in [3.05, 3.63) is 35.9 Å². The molecule has 0 spiro atoms. The second-order valence-corrected chi connectivity index (χ2v) is 6.01. The summed E-state index contributed by atoms with van der Waals surface area (Å²) in [6.45, 7) is 2.80. The molecule has 27 heavy (non-hydrogen) atoms. The van der Waals surface area contributed by atoms with E-state index in [1.54, 1.807) is 6.92 Å². The highest BCUT2D eigenvalue weighted by Crippen LogP contribution is 2.07. The van der Waals surface area contributed by atoms with Crippen LogP contribution in [0.5, 0.6) is 0 Å². The van der Waals surface area contributed by atoms with Crippen molar-refractivity contribution >= 4 is 23.8 Å². The number of carboxylic acids is 1. The maximum atomic E-state index is 12.2. The first-order valence-electron chi connectivity index (χ1n) is 8.69. The summed E-state index contributed by atoms with van der Waals surface area (Å²) < 4.78 is 5.44. The summed E-state index contributed by atoms with van der Waals surface area (Å²) in [7, 11) is 0. The van der Waals surface area contributed by atoms with Gasteiger partial charge in [0.1, 0.15) is 6.04 Å². The molecule has 2 rings (SSSR count). The second kappa shape index (κ2) is 9.67. The van der Waals surface area contributed by atoms with Crippen LogP contribution in [0, 0.1) is 0 Å². The Hall–Kier alpha value is -2.94. The Morgan fingerprint density at radius 1 is 1.19 bits per heavy atom. The summed E-state index contributed by atoms with van der Waals surface area (Å²) in [6.07, 6.45) is 0.0327. The Kier molecular flexibility index (Phi) is 7.30. The lowest BCUT2D eigenvalue weighted by molar-refractivity contribution is -0.153. The van der Waals surface area contributed by atoms with Gasteiger partial charge in [-0.25, -0.2) is 9.59 Å². The second-order valence-electron chi connectivity index (χ2n) is 6.01. The van der Waals surface area contributed by atoms with Gasteiger partial charge in [-0.15, -0.1) is 0 Å². The number of carbonyl (C=O) groups excluding carboxylic acids is 3. The van der Waals surface area contributed by atoms with Crippen LogP contribution in [0.2, 0.25) is 0 Å². The van der Waals surface area contributed by atoms with Crippen LogP contribution in [-0.2, 0) is 25.7 Å². The predicted octanol–water partition coefficient (Wildman–Crippen LogP) is 0.447. The van der Waals surface area contributed by atoms with E-state index in [1.165, 1.54) is 4.90 Å². The molecule has 0 saturated carbocycles. The van der Waals surface area contributed by atoms with Crippen molar-refractivity contribution in [1.29, 1.82) is 0 Å². The van der Waals surface area contributed by atoms with Gasteiger partial charge < -0.3 is 20.1 Å². The quantitative estimate of drug-likeness (QED) is 0.502. The number of likely N-dealkylation sites (N-methyl/N-ethyl adjacent to an activating group) is 1. The zero-order chi connectivity index (χ0) is 19.8. The lowest BCUT2D eigenvalue weighted by Gasteiger charge is -2.32. The third kappa shape index (κ3) is 5.52. The van der Waals surface area contributed by atoms with Crippen LogP contribution in [-0.4, -0.2) is 71.0 Å². The summed E-state index contributed by atoms with van der Waals surface area (Å²) in [6, 6.07) is 7.28. The van der Waals surface area contributed by atoms with Crippen LogP contribution in [0.1, 0.15) is 18.9 Å². The number of carboxylic acid groups (broad SMARTS) is 1. The zero-order valence-electron chi connectivity index (χ0n) is 15.1. The first-order chi connectivity index (χ1) is 12.9. The molecule has 1 saturated heterocycles. The lowest BCUT2D eigenvalue weighted by Crippen LogP contribution is -2.59. The van der Waals surface area contributed by atoms with Gasteiger partial charge in [-0.1, -0.05) is 30.3 Å². The number of nitrogens with zero attached hydrogens (tertiary/aromatic N) is 2. The molecule has 0 aliphatic carbocycles. The largest absolute Gasteiger partial charge is 0.480 e. The number of imide groups is 1. The van der Waals surface area contributed by atoms with Crippen LogP contribution in [0.25, 0.3) is 0 Å². The first kappa shape index (κ1) is 20.4. The van der Waals surface area contributed by atoms with Crippen molar-refractivity contribution in [2.45, 2.75) is 26.0 Å². The SMILES string of the molecule is CCN1CCN(C(=O)NC(CCOCc2ccccc2)C(=O)O)C(=O)C1=O. The van der Waals surface area contributed by atoms with Gasteiger partial charge in [-0.3, -0.25) is 14.5 Å². The van der Waals surface area contributed by atoms with E-state index in [0.717, 1.165) is 10.5 Å². The van der Waals surface area contributed by atoms with Crippen LogP contribution in [0.3, 0.4) is 0 Å². The Bertz CT molecular complexity index is 694. The standard InChI is InChI=1S/C18H23N3O6/c1-2-20-9-10-21(16(23)15(20)22)18(26)19-14(17(24)25)8-11-27-12-13-6-4-3-5-7-13/h3-7,14H,2,8-12H2,1H3,(H,19,26)(H,24,25). The Morgan fingerprint density at radius 2 is 1.89 bits per heavy atom. The zero-order valence-corrected chi connectivity index (χ0v) is 15.1. The molecule has 1 aromatic carbocycles. The van der Waals surface area contributed by atoms with Crippen molar-refractivity contribution in [2.75, 3.05) is 26.2 Å². The molecule has 1 aliphatic rings. The van der Waals surface area contributed by atoms with Gasteiger partial charge in [-0.2, -0.15) is 0 Å². The van der Waals surface area contributed by atoms with E-state index in [2.05, 4.69) is 5.32 Å². The number of benzene rings is 1. The third-order valence-corrected chi connectivity index (χ3v) is 4.19. The minimum atomic E-state index is -1.24. The fourth-order valence-electron chi connectivity index (χ4n) is 2.62. The summed E-state index contributed by atoms with van der Waals surface area (Å²) in [4.78, 5) is 49.6. The minimum absolute atomic E-state index is 0.0289. The van der Waals surface area contributed by atoms with Gasteiger partial charge in [0, 0.05) is 32.7 Å². The summed E-state index contributed by atoms with van der Waals surface area (Å²) >= 11 is 0. The number of hydrogen-bond donors (Lipinski definition) is 2. The summed E-state index contributed by atoms with van der Waals surface area (Å²) in [5.41, 5.74) is 0.950. The number of ether oxygens (including phenoxy) is 1. The molecule has 0 bridgehead atoms. The number of nitrogens with one attached hydrogen (secondary N) is 1. The highest BCUT2D eigenvalue weighted by Gasteiger charge is 2.36. The van der Waals surface area contributed by atoms with Crippen molar-refractivity contribution in [2.24, 2.45) is 0 Å². The van der Waals surface area contributed by atoms with Gasteiger partial charge >= 0.3 is 23.8 Å².